The molecule has 3 rings (SSSR count). The lowest BCUT2D eigenvalue weighted by Gasteiger charge is -2.33. The Hall–Kier alpha value is -2.80. The lowest BCUT2D eigenvalue weighted by molar-refractivity contribution is -0.385. The van der Waals surface area contributed by atoms with Crippen molar-refractivity contribution >= 4 is 11.6 Å². The van der Waals surface area contributed by atoms with Gasteiger partial charge in [-0.1, -0.05) is 44.2 Å². The first kappa shape index (κ1) is 23.9. The summed E-state index contributed by atoms with van der Waals surface area (Å²) in [6.07, 6.45) is 0. The van der Waals surface area contributed by atoms with Crippen LogP contribution in [0.3, 0.4) is 0 Å². The van der Waals surface area contributed by atoms with Crippen LogP contribution < -0.4 is 0 Å². The number of halogens is 1. The Morgan fingerprint density at radius 3 is 2.50 bits per heavy atom. The van der Waals surface area contributed by atoms with E-state index < -0.39 is 0 Å². The van der Waals surface area contributed by atoms with Crippen LogP contribution in [0.25, 0.3) is 0 Å². The maximum atomic E-state index is 14.0. The Labute approximate surface area is 189 Å². The molecular formula is C25H32FN3O3. The van der Waals surface area contributed by atoms with E-state index in [4.69, 9.17) is 0 Å². The smallest absolute Gasteiger partial charge is 0.273 e. The van der Waals surface area contributed by atoms with Gasteiger partial charge in [0, 0.05) is 55.7 Å². The van der Waals surface area contributed by atoms with Gasteiger partial charge in [0.15, 0.2) is 0 Å². The number of amides is 1. The monoisotopic (exact) mass is 441 g/mol. The van der Waals surface area contributed by atoms with E-state index >= 15 is 0 Å². The molecule has 0 aromatic heterocycles. The van der Waals surface area contributed by atoms with E-state index in [1.807, 2.05) is 44.7 Å². The third-order valence-corrected chi connectivity index (χ3v) is 6.21. The van der Waals surface area contributed by atoms with Gasteiger partial charge in [0.05, 0.1) is 4.92 Å². The second kappa shape index (κ2) is 10.2. The molecule has 0 saturated carbocycles. The molecule has 0 unspecified atom stereocenters. The van der Waals surface area contributed by atoms with E-state index in [1.54, 1.807) is 24.3 Å². The molecule has 172 valence electrons. The van der Waals surface area contributed by atoms with E-state index in [0.717, 1.165) is 5.56 Å². The first-order chi connectivity index (χ1) is 15.2. The van der Waals surface area contributed by atoms with Crippen molar-refractivity contribution in [2.75, 3.05) is 19.6 Å². The number of nitro groups is 1. The molecule has 0 N–H and O–H groups in total. The maximum absolute atomic E-state index is 14.0. The van der Waals surface area contributed by atoms with Crippen molar-refractivity contribution in [1.29, 1.82) is 0 Å². The zero-order chi connectivity index (χ0) is 23.4. The molecule has 1 aliphatic heterocycles. The summed E-state index contributed by atoms with van der Waals surface area (Å²) >= 11 is 0. The van der Waals surface area contributed by atoms with Gasteiger partial charge >= 0.3 is 0 Å². The second-order valence-corrected chi connectivity index (χ2v) is 9.24. The highest BCUT2D eigenvalue weighted by Gasteiger charge is 2.37. The number of likely N-dealkylation sites (tertiary alicyclic amines) is 1. The molecule has 0 spiro atoms. The quantitative estimate of drug-likeness (QED) is 0.434. The lowest BCUT2D eigenvalue weighted by atomic mass is 9.88. The minimum atomic E-state index is -0.352. The largest absolute Gasteiger partial charge is 0.340 e. The summed E-state index contributed by atoms with van der Waals surface area (Å²) in [6.45, 7) is 10.2. The molecule has 2 aromatic carbocycles. The minimum Gasteiger partial charge on any atom is -0.340 e. The van der Waals surface area contributed by atoms with Gasteiger partial charge in [-0.05, 0) is 37.5 Å². The topological polar surface area (TPSA) is 66.7 Å². The normalized spacial score (nSPS) is 19.0. The van der Waals surface area contributed by atoms with Crippen LogP contribution in [0.5, 0.6) is 0 Å². The molecule has 32 heavy (non-hydrogen) atoms. The number of carbonyl (C=O) groups excluding carboxylic acids is 1. The second-order valence-electron chi connectivity index (χ2n) is 9.24. The number of para-hydroxylation sites is 1. The molecule has 0 radical (unpaired) electrons. The summed E-state index contributed by atoms with van der Waals surface area (Å²) in [5.41, 5.74) is 1.67. The van der Waals surface area contributed by atoms with E-state index in [2.05, 4.69) is 4.90 Å². The van der Waals surface area contributed by atoms with Crippen molar-refractivity contribution in [2.45, 2.75) is 46.2 Å². The van der Waals surface area contributed by atoms with Gasteiger partial charge < -0.3 is 4.90 Å². The SMILES string of the molecule is CC(C)C(=O)N(C[C@@H]1CN(Cc2ccccc2[N+](=O)[O-])C[C@@H]1c1cccc(F)c1)C(C)C. The van der Waals surface area contributed by atoms with Crippen LogP contribution >= 0.6 is 0 Å². The summed E-state index contributed by atoms with van der Waals surface area (Å²) in [5.74, 6) is -0.138. The van der Waals surface area contributed by atoms with Gasteiger partial charge in [0.2, 0.25) is 5.91 Å². The highest BCUT2D eigenvalue weighted by atomic mass is 19.1. The van der Waals surface area contributed by atoms with Crippen molar-refractivity contribution in [3.05, 3.63) is 75.6 Å². The molecule has 0 bridgehead atoms. The van der Waals surface area contributed by atoms with Gasteiger partial charge in [-0.15, -0.1) is 0 Å². The Bertz CT molecular complexity index is 963. The minimum absolute atomic E-state index is 0.0367. The predicted octanol–water partition coefficient (Wildman–Crippen LogP) is 4.84. The molecule has 1 fully saturated rings. The molecule has 1 aliphatic rings. The average Bonchev–Trinajstić information content (AvgIpc) is 3.13. The van der Waals surface area contributed by atoms with Crippen LogP contribution in [0.1, 0.15) is 44.7 Å². The number of hydrogen-bond donors (Lipinski definition) is 0. The van der Waals surface area contributed by atoms with Gasteiger partial charge in [0.1, 0.15) is 5.82 Å². The average molecular weight is 442 g/mol. The van der Waals surface area contributed by atoms with Crippen LogP contribution in [-0.2, 0) is 11.3 Å². The van der Waals surface area contributed by atoms with Crippen LogP contribution in [0.4, 0.5) is 10.1 Å². The van der Waals surface area contributed by atoms with Gasteiger partial charge in [0.25, 0.3) is 5.69 Å². The predicted molar refractivity (Wildman–Crippen MR) is 123 cm³/mol. The van der Waals surface area contributed by atoms with Crippen LogP contribution in [0, 0.1) is 27.8 Å². The lowest BCUT2D eigenvalue weighted by Crippen LogP contribution is -2.43. The molecule has 1 heterocycles. The Morgan fingerprint density at radius 1 is 1.16 bits per heavy atom. The van der Waals surface area contributed by atoms with Gasteiger partial charge in [-0.3, -0.25) is 19.8 Å². The number of rotatable bonds is 8. The van der Waals surface area contributed by atoms with Crippen molar-refractivity contribution in [2.24, 2.45) is 11.8 Å². The molecule has 0 aliphatic carbocycles. The zero-order valence-electron chi connectivity index (χ0n) is 19.2. The highest BCUT2D eigenvalue weighted by Crippen LogP contribution is 2.35. The summed E-state index contributed by atoms with van der Waals surface area (Å²) in [4.78, 5) is 28.0. The third-order valence-electron chi connectivity index (χ3n) is 6.21. The number of hydrogen-bond acceptors (Lipinski definition) is 4. The molecule has 2 atom stereocenters. The van der Waals surface area contributed by atoms with Gasteiger partial charge in [-0.25, -0.2) is 4.39 Å². The number of carbonyl (C=O) groups is 1. The first-order valence-corrected chi connectivity index (χ1v) is 11.2. The summed E-state index contributed by atoms with van der Waals surface area (Å²) in [5, 5.41) is 11.4. The molecule has 2 aromatic rings. The number of nitro benzene ring substituents is 1. The third kappa shape index (κ3) is 5.51. The fraction of sp³-hybridized carbons (Fsp3) is 0.480. The zero-order valence-corrected chi connectivity index (χ0v) is 19.2. The Morgan fingerprint density at radius 2 is 1.88 bits per heavy atom. The van der Waals surface area contributed by atoms with Crippen LogP contribution in [-0.4, -0.2) is 46.3 Å². The number of nitrogens with zero attached hydrogens (tertiary/aromatic N) is 3. The molecule has 6 nitrogen and oxygen atoms in total. The van der Waals surface area contributed by atoms with Crippen molar-refractivity contribution in [3.63, 3.8) is 0 Å². The van der Waals surface area contributed by atoms with E-state index in [9.17, 15) is 19.3 Å². The summed E-state index contributed by atoms with van der Waals surface area (Å²) < 4.78 is 14.0. The summed E-state index contributed by atoms with van der Waals surface area (Å²) in [7, 11) is 0. The maximum Gasteiger partial charge on any atom is 0.273 e. The standard InChI is InChI=1S/C25H32FN3O3/c1-17(2)25(30)28(18(3)4)15-21-14-27(13-20-8-5-6-11-24(20)29(31)32)16-23(21)19-9-7-10-22(26)12-19/h5-12,17-18,21,23H,13-16H2,1-4H3/t21-,23+/m0/s1. The van der Waals surface area contributed by atoms with E-state index in [-0.39, 0.29) is 46.1 Å². The van der Waals surface area contributed by atoms with Crippen LogP contribution in [0.15, 0.2) is 48.5 Å². The van der Waals surface area contributed by atoms with Crippen LogP contribution in [0.2, 0.25) is 0 Å². The highest BCUT2D eigenvalue weighted by molar-refractivity contribution is 5.78. The van der Waals surface area contributed by atoms with Crippen molar-refractivity contribution in [3.8, 4) is 0 Å². The van der Waals surface area contributed by atoms with E-state index in [1.165, 1.54) is 12.1 Å². The number of benzene rings is 2. The molecule has 7 heteroatoms. The Kier molecular flexibility index (Phi) is 7.61. The van der Waals surface area contributed by atoms with E-state index in [0.29, 0.717) is 31.7 Å². The van der Waals surface area contributed by atoms with Gasteiger partial charge in [-0.2, -0.15) is 0 Å². The summed E-state index contributed by atoms with van der Waals surface area (Å²) in [6, 6.07) is 13.5. The van der Waals surface area contributed by atoms with Crippen molar-refractivity contribution in [1.82, 2.24) is 9.80 Å². The fourth-order valence-corrected chi connectivity index (χ4v) is 4.59. The molecule has 1 saturated heterocycles. The molecule has 1 amide bonds. The first-order valence-electron chi connectivity index (χ1n) is 11.2. The fourth-order valence-electron chi connectivity index (χ4n) is 4.59. The Balaban J connectivity index is 1.88. The van der Waals surface area contributed by atoms with Crippen molar-refractivity contribution < 1.29 is 14.1 Å². The molecular weight excluding hydrogens is 409 g/mol.